The van der Waals surface area contributed by atoms with Crippen LogP contribution in [0.5, 0.6) is 5.75 Å². The molecule has 0 saturated heterocycles. The molecule has 42 heavy (non-hydrogen) atoms. The van der Waals surface area contributed by atoms with E-state index in [2.05, 4.69) is 0 Å². The van der Waals surface area contributed by atoms with Crippen LogP contribution in [-0.2, 0) is 20.0 Å². The molecule has 2 aromatic heterocycles. The van der Waals surface area contributed by atoms with E-state index in [-0.39, 0.29) is 21.0 Å². The van der Waals surface area contributed by atoms with Crippen LogP contribution < -0.4 is 4.74 Å². The molecule has 0 amide bonds. The van der Waals surface area contributed by atoms with E-state index in [0.717, 1.165) is 3.97 Å². The average molecular weight is 599 g/mol. The summed E-state index contributed by atoms with van der Waals surface area (Å²) in [7, 11) is -6.54. The maximum Gasteiger partial charge on any atom is 0.268 e. The first-order valence-corrected chi connectivity index (χ1v) is 15.9. The van der Waals surface area contributed by atoms with Crippen molar-refractivity contribution in [3.63, 3.8) is 0 Å². The van der Waals surface area contributed by atoms with Crippen LogP contribution in [0.3, 0.4) is 0 Å². The Morgan fingerprint density at radius 3 is 1.90 bits per heavy atom. The van der Waals surface area contributed by atoms with Gasteiger partial charge in [0.05, 0.1) is 27.9 Å². The lowest BCUT2D eigenvalue weighted by atomic mass is 10.0. The molecular weight excluding hydrogens is 572 g/mol. The van der Waals surface area contributed by atoms with Crippen molar-refractivity contribution in [3.8, 4) is 5.75 Å². The minimum absolute atomic E-state index is 0.00421. The number of aryl methyl sites for hydroxylation is 2. The highest BCUT2D eigenvalue weighted by Crippen LogP contribution is 2.35. The van der Waals surface area contributed by atoms with E-state index in [1.54, 1.807) is 80.6 Å². The molecule has 8 nitrogen and oxygen atoms in total. The number of ketones is 1. The van der Waals surface area contributed by atoms with Crippen LogP contribution in [0.15, 0.2) is 113 Å². The predicted octanol–water partition coefficient (Wildman–Crippen LogP) is 5.93. The summed E-state index contributed by atoms with van der Waals surface area (Å²) in [6.45, 7) is 3.47. The third-order valence-electron chi connectivity index (χ3n) is 7.41. The molecule has 0 saturated carbocycles. The molecule has 0 aliphatic heterocycles. The molecule has 0 spiro atoms. The Morgan fingerprint density at radius 1 is 0.690 bits per heavy atom. The molecule has 0 aliphatic carbocycles. The van der Waals surface area contributed by atoms with Gasteiger partial charge in [-0.3, -0.25) is 4.79 Å². The molecule has 6 rings (SSSR count). The zero-order valence-electron chi connectivity index (χ0n) is 23.0. The number of hydrogen-bond acceptors (Lipinski definition) is 6. The molecular formula is C32H26N2O6S2. The molecule has 0 fully saturated rings. The first kappa shape index (κ1) is 27.5. The van der Waals surface area contributed by atoms with E-state index < -0.39 is 25.8 Å². The standard InChI is InChI=1S/C32H26N2O6S2/c1-21-20-33(41(36,37)25-10-6-4-7-11-25)29-16-14-23(18-27(21)29)32(35)31-22(2)28-19-24(40-3)15-17-30(28)34(31)42(38,39)26-12-8-5-9-13-26/h4-20H,1-3H3. The number of rotatable bonds is 7. The maximum atomic E-state index is 14.2. The Kier molecular flexibility index (Phi) is 6.55. The van der Waals surface area contributed by atoms with Gasteiger partial charge < -0.3 is 4.74 Å². The van der Waals surface area contributed by atoms with Gasteiger partial charge in [-0.05, 0) is 85.6 Å². The van der Waals surface area contributed by atoms with Crippen molar-refractivity contribution < 1.29 is 26.4 Å². The SMILES string of the molecule is COc1ccc2c(c1)c(C)c(C(=O)c1ccc3c(c1)c(C)cn3S(=O)(=O)c1ccccc1)n2S(=O)(=O)c1ccccc1. The van der Waals surface area contributed by atoms with E-state index in [1.807, 2.05) is 0 Å². The lowest BCUT2D eigenvalue weighted by Gasteiger charge is -2.13. The lowest BCUT2D eigenvalue weighted by molar-refractivity contribution is 0.103. The molecule has 2 heterocycles. The van der Waals surface area contributed by atoms with Crippen molar-refractivity contribution in [2.24, 2.45) is 0 Å². The van der Waals surface area contributed by atoms with Gasteiger partial charge in [-0.15, -0.1) is 0 Å². The fraction of sp³-hybridized carbons (Fsp3) is 0.0938. The Hall–Kier alpha value is -4.67. The molecule has 10 heteroatoms. The summed E-state index contributed by atoms with van der Waals surface area (Å²) in [6, 6.07) is 25.7. The Bertz CT molecular complexity index is 2230. The van der Waals surface area contributed by atoms with E-state index >= 15 is 0 Å². The Balaban J connectivity index is 1.56. The van der Waals surface area contributed by atoms with Gasteiger partial charge in [-0.25, -0.2) is 24.8 Å². The monoisotopic (exact) mass is 598 g/mol. The van der Waals surface area contributed by atoms with Gasteiger partial charge in [0.25, 0.3) is 20.0 Å². The highest BCUT2D eigenvalue weighted by Gasteiger charge is 2.30. The van der Waals surface area contributed by atoms with Crippen molar-refractivity contribution in [1.29, 1.82) is 0 Å². The lowest BCUT2D eigenvalue weighted by Crippen LogP contribution is -2.19. The van der Waals surface area contributed by atoms with Crippen LogP contribution in [0.25, 0.3) is 21.8 Å². The second-order valence-corrected chi connectivity index (χ2v) is 13.5. The number of methoxy groups -OCH3 is 1. The second kappa shape index (κ2) is 10.0. The summed E-state index contributed by atoms with van der Waals surface area (Å²) < 4.78 is 62.5. The van der Waals surface area contributed by atoms with Crippen LogP contribution in [0.4, 0.5) is 0 Å². The van der Waals surface area contributed by atoms with Gasteiger partial charge in [-0.1, -0.05) is 36.4 Å². The highest BCUT2D eigenvalue weighted by molar-refractivity contribution is 7.90. The average Bonchev–Trinajstić information content (AvgIpc) is 3.51. The Labute approximate surface area is 243 Å². The molecule has 0 N–H and O–H groups in total. The highest BCUT2D eigenvalue weighted by atomic mass is 32.2. The number of benzene rings is 4. The van der Waals surface area contributed by atoms with Gasteiger partial charge in [0.15, 0.2) is 0 Å². The largest absolute Gasteiger partial charge is 0.497 e. The third kappa shape index (κ3) is 4.22. The van der Waals surface area contributed by atoms with Gasteiger partial charge in [0.1, 0.15) is 11.4 Å². The van der Waals surface area contributed by atoms with Gasteiger partial charge in [-0.2, -0.15) is 0 Å². The predicted molar refractivity (Wildman–Crippen MR) is 161 cm³/mol. The molecule has 0 aliphatic rings. The fourth-order valence-electron chi connectivity index (χ4n) is 5.27. The molecule has 0 bridgehead atoms. The third-order valence-corrected chi connectivity index (χ3v) is 10.8. The Morgan fingerprint density at radius 2 is 1.29 bits per heavy atom. The number of carbonyl (C=O) groups excluding carboxylic acids is 1. The van der Waals surface area contributed by atoms with Crippen LogP contribution >= 0.6 is 0 Å². The summed E-state index contributed by atoms with van der Waals surface area (Å²) in [4.78, 5) is 14.4. The van der Waals surface area contributed by atoms with E-state index in [4.69, 9.17) is 4.74 Å². The summed E-state index contributed by atoms with van der Waals surface area (Å²) in [5.74, 6) is 0.0130. The molecule has 0 radical (unpaired) electrons. The van der Waals surface area contributed by atoms with E-state index in [1.165, 1.54) is 47.6 Å². The molecule has 6 aromatic rings. The topological polar surface area (TPSA) is 104 Å². The number of aromatic nitrogens is 2. The minimum atomic E-state index is -4.17. The smallest absolute Gasteiger partial charge is 0.268 e. The quantitative estimate of drug-likeness (QED) is 0.211. The van der Waals surface area contributed by atoms with E-state index in [9.17, 15) is 21.6 Å². The number of fused-ring (bicyclic) bond motifs is 2. The summed E-state index contributed by atoms with van der Waals surface area (Å²) in [5.41, 5.74) is 2.11. The fourth-order valence-corrected chi connectivity index (χ4v) is 8.31. The van der Waals surface area contributed by atoms with Crippen molar-refractivity contribution in [1.82, 2.24) is 7.94 Å². The van der Waals surface area contributed by atoms with E-state index in [0.29, 0.717) is 38.7 Å². The second-order valence-electron chi connectivity index (χ2n) is 9.93. The zero-order chi connectivity index (χ0) is 29.8. The minimum Gasteiger partial charge on any atom is -0.497 e. The molecule has 212 valence electrons. The van der Waals surface area contributed by atoms with Crippen molar-refractivity contribution >= 4 is 47.6 Å². The van der Waals surface area contributed by atoms with Crippen molar-refractivity contribution in [3.05, 3.63) is 126 Å². The zero-order valence-corrected chi connectivity index (χ0v) is 24.6. The van der Waals surface area contributed by atoms with Gasteiger partial charge >= 0.3 is 0 Å². The van der Waals surface area contributed by atoms with Crippen LogP contribution in [0.2, 0.25) is 0 Å². The van der Waals surface area contributed by atoms with Gasteiger partial charge in [0.2, 0.25) is 5.78 Å². The normalized spacial score (nSPS) is 12.2. The molecule has 0 unspecified atom stereocenters. The maximum absolute atomic E-state index is 14.2. The van der Waals surface area contributed by atoms with Crippen LogP contribution in [0, 0.1) is 13.8 Å². The van der Waals surface area contributed by atoms with Crippen LogP contribution in [0.1, 0.15) is 27.2 Å². The summed E-state index contributed by atoms with van der Waals surface area (Å²) in [5, 5.41) is 1.13. The number of nitrogens with zero attached hydrogens (tertiary/aromatic N) is 2. The molecule has 4 aromatic carbocycles. The number of carbonyl (C=O) groups is 1. The summed E-state index contributed by atoms with van der Waals surface area (Å²) in [6.07, 6.45) is 1.52. The summed E-state index contributed by atoms with van der Waals surface area (Å²) >= 11 is 0. The van der Waals surface area contributed by atoms with Crippen molar-refractivity contribution in [2.75, 3.05) is 7.11 Å². The first-order chi connectivity index (χ1) is 20.1. The van der Waals surface area contributed by atoms with Crippen molar-refractivity contribution in [2.45, 2.75) is 23.6 Å². The number of ether oxygens (including phenoxy) is 1. The van der Waals surface area contributed by atoms with Gasteiger partial charge in [0, 0.05) is 22.5 Å². The number of hydrogen-bond donors (Lipinski definition) is 0. The van der Waals surface area contributed by atoms with Crippen LogP contribution in [-0.4, -0.2) is 37.7 Å². The molecule has 0 atom stereocenters. The first-order valence-electron chi connectivity index (χ1n) is 13.0.